The van der Waals surface area contributed by atoms with Gasteiger partial charge in [-0.1, -0.05) is 15.9 Å². The average Bonchev–Trinajstić information content (AvgIpc) is 2.81. The maximum Gasteiger partial charge on any atom is 0.253 e. The maximum absolute atomic E-state index is 12.2. The summed E-state index contributed by atoms with van der Waals surface area (Å²) in [5.41, 5.74) is -0.181. The molecule has 0 aliphatic carbocycles. The van der Waals surface area contributed by atoms with Gasteiger partial charge < -0.3 is 5.32 Å². The highest BCUT2D eigenvalue weighted by Gasteiger charge is 2.36. The number of hydrogen-bond donors (Lipinski definition) is 1. The van der Waals surface area contributed by atoms with Gasteiger partial charge in [-0.2, -0.15) is 17.0 Å². The highest BCUT2D eigenvalue weighted by atomic mass is 79.9. The highest BCUT2D eigenvalue weighted by molar-refractivity contribution is 9.11. The number of carbonyl (C=O) groups is 1. The van der Waals surface area contributed by atoms with E-state index < -0.39 is 5.54 Å². The van der Waals surface area contributed by atoms with Crippen LogP contribution in [0.3, 0.4) is 0 Å². The number of amides is 1. The predicted octanol–water partition coefficient (Wildman–Crippen LogP) is 3.34. The minimum atomic E-state index is -0.719. The molecule has 18 heavy (non-hydrogen) atoms. The number of nitriles is 1. The van der Waals surface area contributed by atoms with Crippen LogP contribution in [0.2, 0.25) is 0 Å². The van der Waals surface area contributed by atoms with Crippen LogP contribution in [0.5, 0.6) is 0 Å². The maximum atomic E-state index is 12.2. The largest absolute Gasteiger partial charge is 0.333 e. The van der Waals surface area contributed by atoms with Crippen LogP contribution in [-0.2, 0) is 0 Å². The van der Waals surface area contributed by atoms with E-state index in [4.69, 9.17) is 0 Å². The molecule has 1 fully saturated rings. The third kappa shape index (κ3) is 2.90. The Morgan fingerprint density at radius 2 is 2.28 bits per heavy atom. The molecule has 0 spiro atoms. The van der Waals surface area contributed by atoms with Crippen LogP contribution >= 0.6 is 43.6 Å². The molecule has 94 valence electrons. The van der Waals surface area contributed by atoms with Crippen LogP contribution in [0, 0.1) is 11.3 Å². The fourth-order valence-electron chi connectivity index (χ4n) is 1.74. The van der Waals surface area contributed by atoms with Gasteiger partial charge in [0.1, 0.15) is 5.54 Å². The molecule has 1 aromatic rings. The predicted molar refractivity (Wildman–Crippen MR) is 79.6 cm³/mol. The van der Waals surface area contributed by atoms with E-state index in [1.165, 1.54) is 0 Å². The summed E-state index contributed by atoms with van der Waals surface area (Å²) in [6, 6.07) is 7.64. The van der Waals surface area contributed by atoms with Crippen molar-refractivity contribution in [1.82, 2.24) is 5.32 Å². The Bertz CT molecular complexity index is 521. The first-order valence-corrected chi connectivity index (χ1v) is 8.07. The van der Waals surface area contributed by atoms with Gasteiger partial charge in [0.25, 0.3) is 5.91 Å². The topological polar surface area (TPSA) is 52.9 Å². The third-order valence-electron chi connectivity index (χ3n) is 2.76. The fraction of sp³-hybridized carbons (Fsp3) is 0.333. The number of carbonyl (C=O) groups excluding carboxylic acids is 1. The van der Waals surface area contributed by atoms with E-state index in [9.17, 15) is 10.1 Å². The summed E-state index contributed by atoms with van der Waals surface area (Å²) in [7, 11) is 0. The van der Waals surface area contributed by atoms with E-state index >= 15 is 0 Å². The van der Waals surface area contributed by atoms with Gasteiger partial charge in [-0.3, -0.25) is 4.79 Å². The van der Waals surface area contributed by atoms with Crippen LogP contribution in [0.4, 0.5) is 0 Å². The zero-order valence-corrected chi connectivity index (χ0v) is 13.4. The first kappa shape index (κ1) is 13.9. The number of thioether (sulfide) groups is 1. The van der Waals surface area contributed by atoms with E-state index in [0.29, 0.717) is 17.7 Å². The Balaban J connectivity index is 2.22. The van der Waals surface area contributed by atoms with E-state index in [1.54, 1.807) is 23.9 Å². The van der Waals surface area contributed by atoms with Gasteiger partial charge in [0.2, 0.25) is 0 Å². The minimum Gasteiger partial charge on any atom is -0.333 e. The molecule has 3 nitrogen and oxygen atoms in total. The van der Waals surface area contributed by atoms with Crippen molar-refractivity contribution < 1.29 is 4.79 Å². The number of hydrogen-bond acceptors (Lipinski definition) is 3. The Morgan fingerprint density at radius 1 is 1.50 bits per heavy atom. The van der Waals surface area contributed by atoms with Crippen molar-refractivity contribution in [1.29, 1.82) is 5.26 Å². The van der Waals surface area contributed by atoms with Gasteiger partial charge in [-0.25, -0.2) is 0 Å². The molecule has 0 radical (unpaired) electrons. The molecule has 1 N–H and O–H groups in total. The van der Waals surface area contributed by atoms with Crippen molar-refractivity contribution in [3.8, 4) is 6.07 Å². The van der Waals surface area contributed by atoms with Crippen LogP contribution < -0.4 is 5.32 Å². The molecule has 1 aliphatic rings. The van der Waals surface area contributed by atoms with E-state index in [2.05, 4.69) is 43.2 Å². The molecular formula is C12H10Br2N2OS. The van der Waals surface area contributed by atoms with Crippen molar-refractivity contribution in [2.75, 3.05) is 11.5 Å². The number of rotatable bonds is 2. The second-order valence-corrected chi connectivity index (χ2v) is 6.95. The first-order valence-electron chi connectivity index (χ1n) is 5.33. The molecule has 0 saturated carbocycles. The lowest BCUT2D eigenvalue weighted by Crippen LogP contribution is -2.47. The van der Waals surface area contributed by atoms with Gasteiger partial charge in [-0.05, 0) is 46.3 Å². The Labute approximate surface area is 127 Å². The molecular weight excluding hydrogens is 380 g/mol. The SMILES string of the molecule is N#CC1(NC(=O)c2cc(Br)ccc2Br)CCSC1. The van der Waals surface area contributed by atoms with Gasteiger partial charge in [0.05, 0.1) is 11.6 Å². The molecule has 2 rings (SSSR count). The second-order valence-electron chi connectivity index (χ2n) is 4.07. The average molecular weight is 390 g/mol. The molecule has 1 atom stereocenters. The third-order valence-corrected chi connectivity index (χ3v) is 5.14. The lowest BCUT2D eigenvalue weighted by Gasteiger charge is -2.21. The molecule has 0 aromatic heterocycles. The van der Waals surface area contributed by atoms with Crippen molar-refractivity contribution >= 4 is 49.5 Å². The van der Waals surface area contributed by atoms with Crippen molar-refractivity contribution in [3.63, 3.8) is 0 Å². The summed E-state index contributed by atoms with van der Waals surface area (Å²) in [6.07, 6.45) is 0.700. The van der Waals surface area contributed by atoms with E-state index in [-0.39, 0.29) is 5.91 Å². The minimum absolute atomic E-state index is 0.216. The molecule has 1 aromatic carbocycles. The summed E-state index contributed by atoms with van der Waals surface area (Å²) < 4.78 is 1.56. The summed E-state index contributed by atoms with van der Waals surface area (Å²) in [6.45, 7) is 0. The monoisotopic (exact) mass is 388 g/mol. The fourth-order valence-corrected chi connectivity index (χ4v) is 3.79. The normalized spacial score (nSPS) is 22.5. The van der Waals surface area contributed by atoms with Gasteiger partial charge in [0.15, 0.2) is 0 Å². The van der Waals surface area contributed by atoms with E-state index in [0.717, 1.165) is 14.7 Å². The molecule has 0 bridgehead atoms. The molecule has 1 aliphatic heterocycles. The van der Waals surface area contributed by atoms with Crippen LogP contribution in [0.15, 0.2) is 27.1 Å². The number of benzene rings is 1. The zero-order valence-electron chi connectivity index (χ0n) is 9.37. The lowest BCUT2D eigenvalue weighted by molar-refractivity contribution is 0.0925. The molecule has 1 unspecified atom stereocenters. The summed E-state index contributed by atoms with van der Waals surface area (Å²) in [5.74, 6) is 1.35. The smallest absolute Gasteiger partial charge is 0.253 e. The summed E-state index contributed by atoms with van der Waals surface area (Å²) in [5, 5.41) is 12.1. The quantitative estimate of drug-likeness (QED) is 0.843. The van der Waals surface area contributed by atoms with Gasteiger partial charge in [0, 0.05) is 14.7 Å². The standard InChI is InChI=1S/C12H10Br2N2OS/c13-8-1-2-10(14)9(5-8)11(17)16-12(6-15)3-4-18-7-12/h1-2,5H,3-4,7H2,(H,16,17). The first-order chi connectivity index (χ1) is 8.56. The zero-order chi connectivity index (χ0) is 13.2. The summed E-state index contributed by atoms with van der Waals surface area (Å²) >= 11 is 8.38. The number of nitrogens with one attached hydrogen (secondary N) is 1. The van der Waals surface area contributed by atoms with Crippen molar-refractivity contribution in [3.05, 3.63) is 32.7 Å². The lowest BCUT2D eigenvalue weighted by atomic mass is 10.0. The Kier molecular flexibility index (Phi) is 4.36. The van der Waals surface area contributed by atoms with E-state index in [1.807, 2.05) is 6.07 Å². The van der Waals surface area contributed by atoms with Crippen LogP contribution in [-0.4, -0.2) is 23.0 Å². The van der Waals surface area contributed by atoms with Crippen molar-refractivity contribution in [2.45, 2.75) is 12.0 Å². The molecule has 1 amide bonds. The van der Waals surface area contributed by atoms with Gasteiger partial charge in [-0.15, -0.1) is 0 Å². The second kappa shape index (κ2) is 5.64. The van der Waals surface area contributed by atoms with Crippen LogP contribution in [0.1, 0.15) is 16.8 Å². The Morgan fingerprint density at radius 3 is 2.89 bits per heavy atom. The highest BCUT2D eigenvalue weighted by Crippen LogP contribution is 2.28. The van der Waals surface area contributed by atoms with Gasteiger partial charge >= 0.3 is 0 Å². The molecule has 1 heterocycles. The van der Waals surface area contributed by atoms with Crippen molar-refractivity contribution in [2.24, 2.45) is 0 Å². The number of nitrogens with zero attached hydrogens (tertiary/aromatic N) is 1. The molecule has 1 saturated heterocycles. The number of halogens is 2. The van der Waals surface area contributed by atoms with Crippen LogP contribution in [0.25, 0.3) is 0 Å². The molecule has 6 heteroatoms. The Hall–Kier alpha value is -0.510. The summed E-state index contributed by atoms with van der Waals surface area (Å²) in [4.78, 5) is 12.2.